The summed E-state index contributed by atoms with van der Waals surface area (Å²) in [6, 6.07) is 6.19. The number of nitrogens with one attached hydrogen (secondary N) is 1. The second kappa shape index (κ2) is 4.13. The fraction of sp³-hybridized carbons (Fsp3) is 0.462. The van der Waals surface area contributed by atoms with Gasteiger partial charge in [0.2, 0.25) is 5.91 Å². The Labute approximate surface area is 101 Å². The van der Waals surface area contributed by atoms with Gasteiger partial charge in [-0.2, -0.15) is 0 Å². The highest BCUT2D eigenvalue weighted by atomic mass is 16.5. The van der Waals surface area contributed by atoms with Gasteiger partial charge >= 0.3 is 0 Å². The summed E-state index contributed by atoms with van der Waals surface area (Å²) in [5.41, 5.74) is 3.31. The molecule has 4 nitrogen and oxygen atoms in total. The van der Waals surface area contributed by atoms with Crippen molar-refractivity contribution < 1.29 is 9.53 Å². The molecular formula is C13H16N2O2. The molecular weight excluding hydrogens is 216 g/mol. The summed E-state index contributed by atoms with van der Waals surface area (Å²) in [4.78, 5) is 13.3. The minimum atomic E-state index is 0.120. The molecule has 1 atom stereocenters. The quantitative estimate of drug-likeness (QED) is 0.781. The van der Waals surface area contributed by atoms with Crippen LogP contribution in [-0.4, -0.2) is 32.7 Å². The SMILES string of the molecule is CN1C(=O)Cc2cc(C3CNCCO3)ccc21. The Balaban J connectivity index is 1.89. The number of fused-ring (bicyclic) bond motifs is 1. The zero-order valence-corrected chi connectivity index (χ0v) is 9.90. The summed E-state index contributed by atoms with van der Waals surface area (Å²) in [6.07, 6.45) is 0.634. The average molecular weight is 232 g/mol. The van der Waals surface area contributed by atoms with E-state index in [4.69, 9.17) is 4.74 Å². The third-order valence-corrected chi connectivity index (χ3v) is 3.48. The molecule has 3 rings (SSSR count). The van der Waals surface area contributed by atoms with Crippen LogP contribution in [0.3, 0.4) is 0 Å². The Kier molecular flexibility index (Phi) is 2.61. The van der Waals surface area contributed by atoms with Gasteiger partial charge in [0, 0.05) is 25.8 Å². The normalized spacial score (nSPS) is 23.9. The Morgan fingerprint density at radius 3 is 3.12 bits per heavy atom. The average Bonchev–Trinajstić information content (AvgIpc) is 2.66. The van der Waals surface area contributed by atoms with Crippen molar-refractivity contribution >= 4 is 11.6 Å². The fourth-order valence-corrected chi connectivity index (χ4v) is 2.47. The lowest BCUT2D eigenvalue weighted by molar-refractivity contribution is -0.117. The largest absolute Gasteiger partial charge is 0.371 e. The number of benzene rings is 1. The number of amides is 1. The third kappa shape index (κ3) is 1.83. The van der Waals surface area contributed by atoms with E-state index in [1.54, 1.807) is 4.90 Å². The molecule has 1 unspecified atom stereocenters. The molecule has 0 spiro atoms. The van der Waals surface area contributed by atoms with E-state index in [0.717, 1.165) is 30.9 Å². The van der Waals surface area contributed by atoms with Gasteiger partial charge in [-0.1, -0.05) is 12.1 Å². The van der Waals surface area contributed by atoms with Gasteiger partial charge in [-0.05, 0) is 17.2 Å². The van der Waals surface area contributed by atoms with E-state index in [0.29, 0.717) is 6.42 Å². The van der Waals surface area contributed by atoms with Crippen molar-refractivity contribution in [3.63, 3.8) is 0 Å². The van der Waals surface area contributed by atoms with Crippen LogP contribution < -0.4 is 10.2 Å². The van der Waals surface area contributed by atoms with Gasteiger partial charge in [0.05, 0.1) is 19.1 Å². The third-order valence-electron chi connectivity index (χ3n) is 3.48. The van der Waals surface area contributed by atoms with Gasteiger partial charge in [-0.25, -0.2) is 0 Å². The van der Waals surface area contributed by atoms with Gasteiger partial charge < -0.3 is 15.0 Å². The van der Waals surface area contributed by atoms with Crippen molar-refractivity contribution in [2.45, 2.75) is 12.5 Å². The monoisotopic (exact) mass is 232 g/mol. The maximum atomic E-state index is 11.6. The van der Waals surface area contributed by atoms with E-state index in [1.165, 1.54) is 5.56 Å². The van der Waals surface area contributed by atoms with Gasteiger partial charge in [0.15, 0.2) is 0 Å². The van der Waals surface area contributed by atoms with Crippen LogP contribution in [-0.2, 0) is 16.0 Å². The van der Waals surface area contributed by atoms with Crippen LogP contribution in [0.15, 0.2) is 18.2 Å². The standard InChI is InChI=1S/C13H16N2O2/c1-15-11-3-2-9(6-10(11)7-13(15)16)12-8-14-4-5-17-12/h2-3,6,12,14H,4-5,7-8H2,1H3. The molecule has 1 fully saturated rings. The zero-order valence-electron chi connectivity index (χ0n) is 9.90. The second-order valence-corrected chi connectivity index (χ2v) is 4.58. The highest BCUT2D eigenvalue weighted by Gasteiger charge is 2.25. The number of hydrogen-bond donors (Lipinski definition) is 1. The molecule has 1 aromatic rings. The van der Waals surface area contributed by atoms with Crippen LogP contribution >= 0.6 is 0 Å². The lowest BCUT2D eigenvalue weighted by Crippen LogP contribution is -2.33. The molecule has 2 heterocycles. The molecule has 0 saturated carbocycles. The first-order valence-corrected chi connectivity index (χ1v) is 5.97. The van der Waals surface area contributed by atoms with Crippen molar-refractivity contribution in [3.05, 3.63) is 29.3 Å². The summed E-state index contributed by atoms with van der Waals surface area (Å²) in [6.45, 7) is 2.52. The first-order chi connectivity index (χ1) is 8.25. The zero-order chi connectivity index (χ0) is 11.8. The molecule has 4 heteroatoms. The number of hydrogen-bond acceptors (Lipinski definition) is 3. The number of anilines is 1. The van der Waals surface area contributed by atoms with E-state index in [2.05, 4.69) is 17.4 Å². The summed E-state index contributed by atoms with van der Waals surface area (Å²) < 4.78 is 5.72. The number of carbonyl (C=O) groups is 1. The van der Waals surface area contributed by atoms with Crippen LogP contribution in [0.1, 0.15) is 17.2 Å². The van der Waals surface area contributed by atoms with E-state index >= 15 is 0 Å². The van der Waals surface area contributed by atoms with Crippen LogP contribution in [0.5, 0.6) is 0 Å². The number of rotatable bonds is 1. The molecule has 2 aliphatic heterocycles. The number of morpholine rings is 1. The van der Waals surface area contributed by atoms with Crippen LogP contribution in [0, 0.1) is 0 Å². The van der Waals surface area contributed by atoms with E-state index < -0.39 is 0 Å². The summed E-state index contributed by atoms with van der Waals surface area (Å²) in [5, 5.41) is 3.32. The van der Waals surface area contributed by atoms with Crippen LogP contribution in [0.4, 0.5) is 5.69 Å². The molecule has 0 aromatic heterocycles. The molecule has 1 amide bonds. The number of ether oxygens (including phenoxy) is 1. The molecule has 0 radical (unpaired) electrons. The number of nitrogens with zero attached hydrogens (tertiary/aromatic N) is 1. The van der Waals surface area contributed by atoms with Crippen LogP contribution in [0.25, 0.3) is 0 Å². The molecule has 1 aromatic carbocycles. The first kappa shape index (κ1) is 10.7. The number of carbonyl (C=O) groups excluding carboxylic acids is 1. The topological polar surface area (TPSA) is 41.6 Å². The number of likely N-dealkylation sites (N-methyl/N-ethyl adjacent to an activating group) is 1. The lowest BCUT2D eigenvalue weighted by Gasteiger charge is -2.24. The summed E-state index contributed by atoms with van der Waals surface area (Å²) in [5.74, 6) is 0.167. The van der Waals surface area contributed by atoms with E-state index in [9.17, 15) is 4.79 Å². The Bertz CT molecular complexity index is 453. The van der Waals surface area contributed by atoms with Crippen molar-refractivity contribution in [2.75, 3.05) is 31.6 Å². The molecule has 0 aliphatic carbocycles. The highest BCUT2D eigenvalue weighted by molar-refractivity contribution is 6.00. The summed E-state index contributed by atoms with van der Waals surface area (Å²) in [7, 11) is 1.83. The molecule has 0 bridgehead atoms. The van der Waals surface area contributed by atoms with Gasteiger partial charge in [-0.3, -0.25) is 4.79 Å². The van der Waals surface area contributed by atoms with E-state index in [1.807, 2.05) is 13.1 Å². The highest BCUT2D eigenvalue weighted by Crippen LogP contribution is 2.31. The Hall–Kier alpha value is -1.39. The van der Waals surface area contributed by atoms with Crippen molar-refractivity contribution in [1.82, 2.24) is 5.32 Å². The van der Waals surface area contributed by atoms with Crippen molar-refractivity contribution in [3.8, 4) is 0 Å². The lowest BCUT2D eigenvalue weighted by atomic mass is 10.0. The summed E-state index contributed by atoms with van der Waals surface area (Å²) >= 11 is 0. The molecule has 2 aliphatic rings. The minimum absolute atomic E-state index is 0.120. The van der Waals surface area contributed by atoms with Crippen molar-refractivity contribution in [1.29, 1.82) is 0 Å². The second-order valence-electron chi connectivity index (χ2n) is 4.58. The minimum Gasteiger partial charge on any atom is -0.371 e. The molecule has 90 valence electrons. The Morgan fingerprint density at radius 2 is 2.35 bits per heavy atom. The molecule has 1 saturated heterocycles. The smallest absolute Gasteiger partial charge is 0.231 e. The Morgan fingerprint density at radius 1 is 1.47 bits per heavy atom. The van der Waals surface area contributed by atoms with Crippen LogP contribution in [0.2, 0.25) is 0 Å². The van der Waals surface area contributed by atoms with Crippen molar-refractivity contribution in [2.24, 2.45) is 0 Å². The fourth-order valence-electron chi connectivity index (χ4n) is 2.47. The molecule has 1 N–H and O–H groups in total. The van der Waals surface area contributed by atoms with E-state index in [-0.39, 0.29) is 12.0 Å². The predicted octanol–water partition coefficient (Wildman–Crippen LogP) is 0.866. The van der Waals surface area contributed by atoms with Gasteiger partial charge in [0.1, 0.15) is 0 Å². The van der Waals surface area contributed by atoms with Gasteiger partial charge in [0.25, 0.3) is 0 Å². The van der Waals surface area contributed by atoms with Gasteiger partial charge in [-0.15, -0.1) is 0 Å². The molecule has 17 heavy (non-hydrogen) atoms. The maximum absolute atomic E-state index is 11.6. The predicted molar refractivity (Wildman–Crippen MR) is 65.1 cm³/mol. The maximum Gasteiger partial charge on any atom is 0.231 e. The first-order valence-electron chi connectivity index (χ1n) is 5.97.